The highest BCUT2D eigenvalue weighted by Crippen LogP contribution is 2.29. The summed E-state index contributed by atoms with van der Waals surface area (Å²) < 4.78 is 69.1. The van der Waals surface area contributed by atoms with E-state index in [0.29, 0.717) is 25.3 Å². The number of carbonyl (C=O) groups excluding carboxylic acids is 1. The van der Waals surface area contributed by atoms with Crippen LogP contribution in [0.1, 0.15) is 40.9 Å². The van der Waals surface area contributed by atoms with Gasteiger partial charge in [-0.1, -0.05) is 0 Å². The lowest BCUT2D eigenvalue weighted by Crippen LogP contribution is -2.22. The number of ketones is 1. The van der Waals surface area contributed by atoms with E-state index in [2.05, 4.69) is 24.6 Å². The van der Waals surface area contributed by atoms with E-state index >= 15 is 0 Å². The van der Waals surface area contributed by atoms with E-state index in [9.17, 15) is 26.4 Å². The summed E-state index contributed by atoms with van der Waals surface area (Å²) in [6.45, 7) is -0.445. The second-order valence-electron chi connectivity index (χ2n) is 8.13. The van der Waals surface area contributed by atoms with Crippen LogP contribution in [0.2, 0.25) is 0 Å². The minimum Gasteiger partial charge on any atom is -0.367 e. The topological polar surface area (TPSA) is 142 Å². The van der Waals surface area contributed by atoms with Gasteiger partial charge < -0.3 is 5.32 Å². The number of hydrogen-bond donors (Lipinski definition) is 2. The molecule has 3 aromatic rings. The zero-order chi connectivity index (χ0) is 25.2. The van der Waals surface area contributed by atoms with Crippen LogP contribution in [0.5, 0.6) is 0 Å². The molecule has 1 saturated carbocycles. The minimum atomic E-state index is -4.02. The van der Waals surface area contributed by atoms with E-state index in [0.717, 1.165) is 10.7 Å². The summed E-state index contributed by atoms with van der Waals surface area (Å²) in [6, 6.07) is 2.78. The van der Waals surface area contributed by atoms with Gasteiger partial charge in [-0.3, -0.25) is 13.7 Å². The zero-order valence-electron chi connectivity index (χ0n) is 18.2. The van der Waals surface area contributed by atoms with E-state index in [1.165, 1.54) is 24.8 Å². The number of hydrogen-bond acceptors (Lipinski definition) is 8. The van der Waals surface area contributed by atoms with E-state index in [1.807, 2.05) is 0 Å². The molecule has 1 fully saturated rings. The molecular weight excluding hydrogens is 489 g/mol. The number of anilines is 1. The van der Waals surface area contributed by atoms with Crippen LogP contribution in [0.25, 0.3) is 0 Å². The highest BCUT2D eigenvalue weighted by atomic mass is 32.2. The number of aromatic nitrogens is 4. The monoisotopic (exact) mass is 510 g/mol. The number of halogens is 3. The van der Waals surface area contributed by atoms with Gasteiger partial charge in [-0.2, -0.15) is 13.5 Å². The maximum atomic E-state index is 14.0. The van der Waals surface area contributed by atoms with Crippen LogP contribution in [-0.4, -0.2) is 46.6 Å². The van der Waals surface area contributed by atoms with Crippen molar-refractivity contribution in [3.8, 4) is 0 Å². The highest BCUT2D eigenvalue weighted by Gasteiger charge is 2.28. The molecule has 1 aliphatic rings. The van der Waals surface area contributed by atoms with Crippen molar-refractivity contribution in [2.45, 2.75) is 31.8 Å². The molecule has 1 aliphatic carbocycles. The predicted octanol–water partition coefficient (Wildman–Crippen LogP) is 2.17. The Kier molecular flexibility index (Phi) is 7.14. The van der Waals surface area contributed by atoms with Crippen molar-refractivity contribution in [1.82, 2.24) is 19.7 Å². The van der Waals surface area contributed by atoms with Gasteiger partial charge in [0.2, 0.25) is 5.78 Å². The van der Waals surface area contributed by atoms with Gasteiger partial charge in [-0.15, -0.1) is 0 Å². The second-order valence-corrected chi connectivity index (χ2v) is 9.35. The molecule has 1 aromatic carbocycles. The van der Waals surface area contributed by atoms with Gasteiger partial charge in [0.15, 0.2) is 11.6 Å². The van der Waals surface area contributed by atoms with Crippen molar-refractivity contribution in [3.05, 3.63) is 71.2 Å². The first-order valence-corrected chi connectivity index (χ1v) is 12.0. The fourth-order valence-electron chi connectivity index (χ4n) is 3.94. The van der Waals surface area contributed by atoms with Crippen molar-refractivity contribution in [2.75, 3.05) is 11.9 Å². The van der Waals surface area contributed by atoms with Crippen molar-refractivity contribution in [2.24, 2.45) is 11.1 Å². The van der Waals surface area contributed by atoms with Crippen LogP contribution in [0.3, 0.4) is 0 Å². The molecule has 0 bridgehead atoms. The summed E-state index contributed by atoms with van der Waals surface area (Å²) >= 11 is 0. The summed E-state index contributed by atoms with van der Waals surface area (Å²) in [6.07, 6.45) is 5.89. The summed E-state index contributed by atoms with van der Waals surface area (Å²) in [7, 11) is -4.02. The minimum absolute atomic E-state index is 0.0223. The Morgan fingerprint density at radius 3 is 2.74 bits per heavy atom. The molecule has 0 radical (unpaired) electrons. The third-order valence-corrected chi connectivity index (χ3v) is 6.10. The van der Waals surface area contributed by atoms with Crippen LogP contribution in [0, 0.1) is 23.4 Å². The van der Waals surface area contributed by atoms with Crippen molar-refractivity contribution in [3.63, 3.8) is 0 Å². The number of benzene rings is 1. The summed E-state index contributed by atoms with van der Waals surface area (Å²) in [5.41, 5.74) is -0.407. The molecule has 3 N–H and O–H groups in total. The van der Waals surface area contributed by atoms with E-state index in [4.69, 9.17) is 5.14 Å². The fourth-order valence-corrected chi connectivity index (χ4v) is 4.32. The second kappa shape index (κ2) is 10.1. The standard InChI is InChI=1S/C21H21F3N6O4S/c22-16-3-4-17(23)19(24)15(16)9-30-6-5-18(29-30)20(31)14-8-26-11-27-21(14)28-13-2-1-12(7-13)10-34-35(25,32)33/h3-6,8,11-13H,1-2,7,9-10H2,(H2,25,32,33)(H,26,27,28). The Hall–Kier alpha value is -3.36. The molecule has 0 spiro atoms. The maximum absolute atomic E-state index is 14.0. The van der Waals surface area contributed by atoms with Crippen molar-refractivity contribution in [1.29, 1.82) is 0 Å². The lowest BCUT2D eigenvalue weighted by Gasteiger charge is -2.15. The van der Waals surface area contributed by atoms with E-state index in [1.54, 1.807) is 0 Å². The lowest BCUT2D eigenvalue weighted by molar-refractivity contribution is 0.103. The van der Waals surface area contributed by atoms with Crippen LogP contribution in [0.4, 0.5) is 19.0 Å². The fraction of sp³-hybridized carbons (Fsp3) is 0.333. The molecule has 0 aliphatic heterocycles. The molecule has 0 saturated heterocycles. The smallest absolute Gasteiger partial charge is 0.333 e. The van der Waals surface area contributed by atoms with Crippen LogP contribution in [0.15, 0.2) is 36.9 Å². The third kappa shape index (κ3) is 6.01. The molecule has 2 heterocycles. The highest BCUT2D eigenvalue weighted by molar-refractivity contribution is 7.84. The molecule has 0 amide bonds. The Labute approximate surface area is 198 Å². The summed E-state index contributed by atoms with van der Waals surface area (Å²) in [5, 5.41) is 12.1. The number of nitrogens with zero attached hydrogens (tertiary/aromatic N) is 4. The quantitative estimate of drug-likeness (QED) is 0.330. The van der Waals surface area contributed by atoms with Crippen LogP contribution in [-0.2, 0) is 21.0 Å². The normalized spacial score (nSPS) is 18.1. The molecule has 2 aromatic heterocycles. The Balaban J connectivity index is 1.45. The van der Waals surface area contributed by atoms with Crippen LogP contribution >= 0.6 is 0 Å². The average molecular weight is 510 g/mol. The first-order chi connectivity index (χ1) is 16.6. The lowest BCUT2D eigenvalue weighted by atomic mass is 10.1. The SMILES string of the molecule is NS(=O)(=O)OCC1CCC(Nc2ncncc2C(=O)c2ccn(Cc3c(F)ccc(F)c3F)n2)C1. The largest absolute Gasteiger partial charge is 0.367 e. The molecule has 2 atom stereocenters. The van der Waals surface area contributed by atoms with Crippen LogP contribution < -0.4 is 10.5 Å². The molecule has 2 unspecified atom stereocenters. The Bertz CT molecular complexity index is 1350. The van der Waals surface area contributed by atoms with Gasteiger partial charge in [0, 0.05) is 24.0 Å². The third-order valence-electron chi connectivity index (χ3n) is 5.64. The molecule has 4 rings (SSSR count). The number of carbonyl (C=O) groups is 1. The average Bonchev–Trinajstić information content (AvgIpc) is 3.47. The molecular formula is C21H21F3N6O4S. The van der Waals surface area contributed by atoms with Crippen molar-refractivity contribution < 1.29 is 30.6 Å². The van der Waals surface area contributed by atoms with Crippen molar-refractivity contribution >= 4 is 21.9 Å². The number of rotatable bonds is 9. The zero-order valence-corrected chi connectivity index (χ0v) is 19.0. The van der Waals surface area contributed by atoms with Gasteiger partial charge in [0.1, 0.15) is 23.7 Å². The Morgan fingerprint density at radius 2 is 1.97 bits per heavy atom. The maximum Gasteiger partial charge on any atom is 0.333 e. The Morgan fingerprint density at radius 1 is 1.20 bits per heavy atom. The van der Waals surface area contributed by atoms with E-state index in [-0.39, 0.29) is 35.6 Å². The summed E-state index contributed by atoms with van der Waals surface area (Å²) in [4.78, 5) is 21.1. The van der Waals surface area contributed by atoms with Gasteiger partial charge >= 0.3 is 10.3 Å². The first-order valence-electron chi connectivity index (χ1n) is 10.5. The molecule has 186 valence electrons. The molecule has 14 heteroatoms. The summed E-state index contributed by atoms with van der Waals surface area (Å²) in [5.74, 6) is -3.74. The van der Waals surface area contributed by atoms with Gasteiger partial charge in [-0.05, 0) is 43.4 Å². The van der Waals surface area contributed by atoms with Gasteiger partial charge in [-0.25, -0.2) is 28.3 Å². The molecule has 35 heavy (non-hydrogen) atoms. The number of nitrogens with one attached hydrogen (secondary N) is 1. The molecule has 10 nitrogen and oxygen atoms in total. The van der Waals surface area contributed by atoms with Gasteiger partial charge in [0.25, 0.3) is 0 Å². The van der Waals surface area contributed by atoms with Gasteiger partial charge in [0.05, 0.1) is 18.7 Å². The van der Waals surface area contributed by atoms with E-state index < -0.39 is 45.6 Å². The first kappa shape index (κ1) is 24.8. The predicted molar refractivity (Wildman–Crippen MR) is 117 cm³/mol. The number of nitrogens with two attached hydrogens (primary N) is 1.